The first kappa shape index (κ1) is 82.6. The van der Waals surface area contributed by atoms with Gasteiger partial charge in [0.1, 0.15) is 0 Å². The Kier molecular flexibility index (Phi) is 763. The fourth-order valence-electron chi connectivity index (χ4n) is 0. The van der Waals surface area contributed by atoms with Crippen LogP contribution in [0.2, 0.25) is 0 Å². The SMILES string of the molecule is O.O.[Cl-].[Mg+2]. The van der Waals surface area contributed by atoms with Crippen molar-refractivity contribution < 1.29 is 23.4 Å². The van der Waals surface area contributed by atoms with Crippen LogP contribution in [0, 0.1) is 0 Å². The summed E-state index contributed by atoms with van der Waals surface area (Å²) in [6.45, 7) is 0. The number of rotatable bonds is 0. The zero-order chi connectivity index (χ0) is 0. The van der Waals surface area contributed by atoms with Crippen LogP contribution in [0.4, 0.5) is 0 Å². The van der Waals surface area contributed by atoms with Gasteiger partial charge in [-0.25, -0.2) is 0 Å². The topological polar surface area (TPSA) is 63.0 Å². The molecule has 0 aliphatic carbocycles. The number of hydrogen-bond donors (Lipinski definition) is 0. The van der Waals surface area contributed by atoms with E-state index in [-0.39, 0.29) is 46.4 Å². The summed E-state index contributed by atoms with van der Waals surface area (Å²) in [7, 11) is 0. The van der Waals surface area contributed by atoms with Gasteiger partial charge < -0.3 is 23.4 Å². The number of halogens is 1. The van der Waals surface area contributed by atoms with Crippen LogP contribution in [0.15, 0.2) is 0 Å². The summed E-state index contributed by atoms with van der Waals surface area (Å²) in [5.74, 6) is 0. The van der Waals surface area contributed by atoms with Gasteiger partial charge in [0, 0.05) is 0 Å². The molecule has 0 aliphatic heterocycles. The summed E-state index contributed by atoms with van der Waals surface area (Å²) in [6, 6.07) is 0. The standard InChI is InChI=1S/ClH.Mg.2H2O/h1H;;2*1H2/q;+2;;/p-1. The quantitative estimate of drug-likeness (QED) is 0.271. The molecule has 0 heterocycles. The predicted molar refractivity (Wildman–Crippen MR) is 13.0 cm³/mol. The van der Waals surface area contributed by atoms with Crippen LogP contribution in [-0.4, -0.2) is 34.0 Å². The average molecular weight is 95.8 g/mol. The molecule has 0 aromatic carbocycles. The Labute approximate surface area is 46.8 Å². The van der Waals surface area contributed by atoms with E-state index in [9.17, 15) is 0 Å². The first-order valence-electron chi connectivity index (χ1n) is 0. The van der Waals surface area contributed by atoms with Gasteiger partial charge >= 0.3 is 23.1 Å². The van der Waals surface area contributed by atoms with E-state index < -0.39 is 0 Å². The normalized spacial score (nSPS) is 0. The largest absolute Gasteiger partial charge is 2.00 e. The van der Waals surface area contributed by atoms with Crippen LogP contribution < -0.4 is 12.4 Å². The van der Waals surface area contributed by atoms with Crippen LogP contribution in [0.3, 0.4) is 0 Å². The van der Waals surface area contributed by atoms with E-state index in [1.807, 2.05) is 0 Å². The molecule has 24 valence electrons. The molecule has 0 radical (unpaired) electrons. The van der Waals surface area contributed by atoms with Crippen molar-refractivity contribution >= 4 is 23.1 Å². The molecule has 2 nitrogen and oxygen atoms in total. The molecule has 0 aromatic heterocycles. The Morgan fingerprint density at radius 2 is 0.750 bits per heavy atom. The van der Waals surface area contributed by atoms with Crippen molar-refractivity contribution in [2.45, 2.75) is 0 Å². The summed E-state index contributed by atoms with van der Waals surface area (Å²) in [6.07, 6.45) is 0. The zero-order valence-corrected chi connectivity index (χ0v) is 4.26. The van der Waals surface area contributed by atoms with Gasteiger partial charge in [-0.15, -0.1) is 0 Å². The third kappa shape index (κ3) is 12.2. The first-order valence-corrected chi connectivity index (χ1v) is 0. The summed E-state index contributed by atoms with van der Waals surface area (Å²) < 4.78 is 0. The molecule has 4 heavy (non-hydrogen) atoms. The maximum Gasteiger partial charge on any atom is 2.00 e. The van der Waals surface area contributed by atoms with E-state index in [0.29, 0.717) is 0 Å². The van der Waals surface area contributed by atoms with Crippen LogP contribution in [-0.2, 0) is 0 Å². The second-order valence-electron chi connectivity index (χ2n) is 0. The van der Waals surface area contributed by atoms with Crippen molar-refractivity contribution in [3.8, 4) is 0 Å². The molecule has 0 aromatic rings. The molecule has 0 aliphatic rings. The molecule has 0 rings (SSSR count). The van der Waals surface area contributed by atoms with Gasteiger partial charge in [0.25, 0.3) is 0 Å². The Morgan fingerprint density at radius 1 is 0.750 bits per heavy atom. The summed E-state index contributed by atoms with van der Waals surface area (Å²) >= 11 is 0. The molecule has 0 amide bonds. The van der Waals surface area contributed by atoms with Crippen LogP contribution in [0.5, 0.6) is 0 Å². The molecule has 0 atom stereocenters. The summed E-state index contributed by atoms with van der Waals surface area (Å²) in [4.78, 5) is 0. The minimum absolute atomic E-state index is 0. The third-order valence-electron chi connectivity index (χ3n) is 0. The van der Waals surface area contributed by atoms with E-state index in [2.05, 4.69) is 0 Å². The number of hydrogen-bond acceptors (Lipinski definition) is 0. The molecule has 0 saturated heterocycles. The van der Waals surface area contributed by atoms with Crippen molar-refractivity contribution in [3.63, 3.8) is 0 Å². The van der Waals surface area contributed by atoms with Gasteiger partial charge in [-0.1, -0.05) is 0 Å². The Morgan fingerprint density at radius 3 is 0.750 bits per heavy atom. The van der Waals surface area contributed by atoms with E-state index in [1.54, 1.807) is 0 Å². The van der Waals surface area contributed by atoms with Gasteiger partial charge in [0.05, 0.1) is 0 Å². The zero-order valence-electron chi connectivity index (χ0n) is 2.09. The van der Waals surface area contributed by atoms with Crippen LogP contribution in [0.1, 0.15) is 0 Å². The Bertz CT molecular complexity index is 6.00. The molecule has 4 N–H and O–H groups in total. The molecular weight excluding hydrogens is 91.8 g/mol. The minimum atomic E-state index is 0. The minimum Gasteiger partial charge on any atom is -1.00 e. The maximum absolute atomic E-state index is 0. The van der Waals surface area contributed by atoms with E-state index in [4.69, 9.17) is 0 Å². The summed E-state index contributed by atoms with van der Waals surface area (Å²) in [5.41, 5.74) is 0. The van der Waals surface area contributed by atoms with Gasteiger partial charge in [0.15, 0.2) is 0 Å². The Balaban J connectivity index is 0. The van der Waals surface area contributed by atoms with Gasteiger partial charge in [-0.3, -0.25) is 0 Å². The first-order chi connectivity index (χ1) is 0. The van der Waals surface area contributed by atoms with Crippen molar-refractivity contribution in [2.75, 3.05) is 0 Å². The van der Waals surface area contributed by atoms with Crippen molar-refractivity contribution in [2.24, 2.45) is 0 Å². The van der Waals surface area contributed by atoms with Crippen molar-refractivity contribution in [1.82, 2.24) is 0 Å². The van der Waals surface area contributed by atoms with E-state index >= 15 is 0 Å². The van der Waals surface area contributed by atoms with Gasteiger partial charge in [-0.05, 0) is 0 Å². The van der Waals surface area contributed by atoms with E-state index in [1.165, 1.54) is 0 Å². The molecule has 0 spiro atoms. The monoisotopic (exact) mass is 95.0 g/mol. The smallest absolute Gasteiger partial charge is 1.00 e. The van der Waals surface area contributed by atoms with Gasteiger partial charge in [-0.2, -0.15) is 0 Å². The molecular formula is H4ClMgO2+. The molecule has 0 fully saturated rings. The second-order valence-corrected chi connectivity index (χ2v) is 0. The second kappa shape index (κ2) is 37.0. The van der Waals surface area contributed by atoms with E-state index in [0.717, 1.165) is 0 Å². The Hall–Kier alpha value is 0.976. The van der Waals surface area contributed by atoms with Crippen LogP contribution >= 0.6 is 0 Å². The fraction of sp³-hybridized carbons (Fsp3) is 0. The maximum atomic E-state index is 0. The molecule has 0 bridgehead atoms. The van der Waals surface area contributed by atoms with Crippen molar-refractivity contribution in [1.29, 1.82) is 0 Å². The molecule has 0 saturated carbocycles. The molecule has 0 unspecified atom stereocenters. The molecule has 4 heteroatoms. The van der Waals surface area contributed by atoms with Gasteiger partial charge in [0.2, 0.25) is 0 Å². The third-order valence-corrected chi connectivity index (χ3v) is 0. The average Bonchev–Trinajstić information content (AvgIpc) is 0. The van der Waals surface area contributed by atoms with Crippen molar-refractivity contribution in [3.05, 3.63) is 0 Å². The van der Waals surface area contributed by atoms with Crippen LogP contribution in [0.25, 0.3) is 0 Å². The predicted octanol–water partition coefficient (Wildman–Crippen LogP) is -5.03. The fourth-order valence-corrected chi connectivity index (χ4v) is 0. The summed E-state index contributed by atoms with van der Waals surface area (Å²) in [5, 5.41) is 0.